The molecule has 0 atom stereocenters. The number of nitrogens with one attached hydrogen (secondary N) is 1. The van der Waals surface area contributed by atoms with Gasteiger partial charge in [-0.1, -0.05) is 12.1 Å². The van der Waals surface area contributed by atoms with E-state index in [-0.39, 0.29) is 0 Å². The Morgan fingerprint density at radius 3 is 2.77 bits per heavy atom. The van der Waals surface area contributed by atoms with E-state index in [1.807, 2.05) is 41.1 Å². The van der Waals surface area contributed by atoms with Crippen molar-refractivity contribution in [3.8, 4) is 34.5 Å². The lowest BCUT2D eigenvalue weighted by atomic mass is 10.1. The van der Waals surface area contributed by atoms with Crippen LogP contribution in [-0.2, 0) is 6.42 Å². The summed E-state index contributed by atoms with van der Waals surface area (Å²) < 4.78 is 12.7. The van der Waals surface area contributed by atoms with E-state index in [1.54, 1.807) is 20.3 Å². The van der Waals surface area contributed by atoms with Gasteiger partial charge in [-0.25, -0.2) is 4.68 Å². The van der Waals surface area contributed by atoms with Crippen molar-refractivity contribution in [3.05, 3.63) is 53.6 Å². The Labute approximate surface area is 151 Å². The SMILES string of the molecule is COc1ccc(OC)c(-c2nn(-c3ccccc3C#N)c3c2CCN3)c1. The Morgan fingerprint density at radius 2 is 2.00 bits per heavy atom. The first-order valence-electron chi connectivity index (χ1n) is 8.34. The van der Waals surface area contributed by atoms with E-state index < -0.39 is 0 Å². The molecule has 0 amide bonds. The fraction of sp³-hybridized carbons (Fsp3) is 0.200. The predicted molar refractivity (Wildman–Crippen MR) is 99.0 cm³/mol. The average Bonchev–Trinajstić information content (AvgIpc) is 3.30. The number of hydrogen-bond acceptors (Lipinski definition) is 5. The Kier molecular flexibility index (Phi) is 3.98. The first kappa shape index (κ1) is 16.0. The topological polar surface area (TPSA) is 72.1 Å². The van der Waals surface area contributed by atoms with Crippen LogP contribution in [0.5, 0.6) is 11.5 Å². The molecule has 0 bridgehead atoms. The Morgan fingerprint density at radius 1 is 1.15 bits per heavy atom. The van der Waals surface area contributed by atoms with Gasteiger partial charge < -0.3 is 14.8 Å². The van der Waals surface area contributed by atoms with Crippen LogP contribution in [0.1, 0.15) is 11.1 Å². The summed E-state index contributed by atoms with van der Waals surface area (Å²) in [7, 11) is 3.28. The van der Waals surface area contributed by atoms with E-state index in [0.717, 1.165) is 52.8 Å². The molecule has 130 valence electrons. The lowest BCUT2D eigenvalue weighted by Crippen LogP contribution is -2.06. The standard InChI is InChI=1S/C20H18N4O2/c1-25-14-7-8-18(26-2)16(11-14)19-15-9-10-22-20(15)24(23-19)17-6-4-3-5-13(17)12-21/h3-8,11,22H,9-10H2,1-2H3. The number of ether oxygens (including phenoxy) is 2. The maximum Gasteiger partial charge on any atom is 0.133 e. The number of nitriles is 1. The van der Waals surface area contributed by atoms with Crippen LogP contribution in [0.25, 0.3) is 16.9 Å². The molecule has 1 aromatic heterocycles. The second-order valence-corrected chi connectivity index (χ2v) is 5.96. The fourth-order valence-electron chi connectivity index (χ4n) is 3.32. The van der Waals surface area contributed by atoms with Crippen molar-refractivity contribution in [2.45, 2.75) is 6.42 Å². The highest BCUT2D eigenvalue weighted by Crippen LogP contribution is 2.40. The number of para-hydroxylation sites is 1. The first-order valence-corrected chi connectivity index (χ1v) is 8.34. The summed E-state index contributed by atoms with van der Waals surface area (Å²) in [6.07, 6.45) is 0.861. The molecule has 1 aliphatic rings. The summed E-state index contributed by atoms with van der Waals surface area (Å²) in [6, 6.07) is 15.4. The Hall–Kier alpha value is -3.46. The fourth-order valence-corrected chi connectivity index (χ4v) is 3.32. The molecule has 3 aromatic rings. The molecular weight excluding hydrogens is 328 g/mol. The molecule has 0 fully saturated rings. The van der Waals surface area contributed by atoms with Crippen LogP contribution in [0.3, 0.4) is 0 Å². The minimum Gasteiger partial charge on any atom is -0.497 e. The van der Waals surface area contributed by atoms with Crippen molar-refractivity contribution >= 4 is 5.82 Å². The van der Waals surface area contributed by atoms with Crippen molar-refractivity contribution in [2.24, 2.45) is 0 Å². The van der Waals surface area contributed by atoms with E-state index in [9.17, 15) is 5.26 Å². The molecule has 6 heteroatoms. The van der Waals surface area contributed by atoms with Gasteiger partial charge in [0.05, 0.1) is 25.5 Å². The molecule has 2 aromatic carbocycles. The van der Waals surface area contributed by atoms with Gasteiger partial charge >= 0.3 is 0 Å². The number of methoxy groups -OCH3 is 2. The zero-order valence-electron chi connectivity index (χ0n) is 14.6. The molecule has 26 heavy (non-hydrogen) atoms. The van der Waals surface area contributed by atoms with Gasteiger partial charge in [-0.05, 0) is 36.8 Å². The van der Waals surface area contributed by atoms with E-state index in [1.165, 1.54) is 0 Å². The van der Waals surface area contributed by atoms with Crippen LogP contribution < -0.4 is 14.8 Å². The van der Waals surface area contributed by atoms with Crippen LogP contribution in [0, 0.1) is 11.3 Å². The summed E-state index contributed by atoms with van der Waals surface area (Å²) in [5.74, 6) is 2.40. The molecule has 4 rings (SSSR count). The minimum absolute atomic E-state index is 0.579. The quantitative estimate of drug-likeness (QED) is 0.784. The van der Waals surface area contributed by atoms with Gasteiger partial charge in [-0.15, -0.1) is 0 Å². The lowest BCUT2D eigenvalue weighted by Gasteiger charge is -2.10. The summed E-state index contributed by atoms with van der Waals surface area (Å²) >= 11 is 0. The Bertz CT molecular complexity index is 1020. The van der Waals surface area contributed by atoms with E-state index in [4.69, 9.17) is 14.6 Å². The van der Waals surface area contributed by atoms with Crippen LogP contribution in [0.15, 0.2) is 42.5 Å². The van der Waals surface area contributed by atoms with Crippen LogP contribution >= 0.6 is 0 Å². The van der Waals surface area contributed by atoms with Crippen molar-refractivity contribution in [3.63, 3.8) is 0 Å². The summed E-state index contributed by atoms with van der Waals surface area (Å²) in [5.41, 5.74) is 4.17. The van der Waals surface area contributed by atoms with Gasteiger partial charge in [0, 0.05) is 17.7 Å². The summed E-state index contributed by atoms with van der Waals surface area (Å²) in [5, 5.41) is 17.7. The van der Waals surface area contributed by atoms with Gasteiger partial charge in [0.15, 0.2) is 0 Å². The third kappa shape index (κ3) is 2.45. The molecule has 0 aliphatic carbocycles. The smallest absolute Gasteiger partial charge is 0.133 e. The molecule has 0 spiro atoms. The van der Waals surface area contributed by atoms with Crippen molar-refractivity contribution in [2.75, 3.05) is 26.1 Å². The number of rotatable bonds is 4. The normalized spacial score (nSPS) is 12.2. The zero-order chi connectivity index (χ0) is 18.1. The zero-order valence-corrected chi connectivity index (χ0v) is 14.6. The maximum atomic E-state index is 9.45. The minimum atomic E-state index is 0.579. The summed E-state index contributed by atoms with van der Waals surface area (Å²) in [4.78, 5) is 0. The number of fused-ring (bicyclic) bond motifs is 1. The molecule has 0 unspecified atom stereocenters. The molecule has 2 heterocycles. The highest BCUT2D eigenvalue weighted by atomic mass is 16.5. The highest BCUT2D eigenvalue weighted by molar-refractivity contribution is 5.78. The van der Waals surface area contributed by atoms with E-state index >= 15 is 0 Å². The lowest BCUT2D eigenvalue weighted by molar-refractivity contribution is 0.404. The molecule has 1 N–H and O–H groups in total. The molecular formula is C20H18N4O2. The average molecular weight is 346 g/mol. The van der Waals surface area contributed by atoms with Crippen molar-refractivity contribution in [1.82, 2.24) is 9.78 Å². The van der Waals surface area contributed by atoms with Crippen molar-refractivity contribution in [1.29, 1.82) is 5.26 Å². The number of aromatic nitrogens is 2. The third-order valence-corrected chi connectivity index (χ3v) is 4.57. The second kappa shape index (κ2) is 6.45. The molecule has 0 saturated carbocycles. The van der Waals surface area contributed by atoms with Gasteiger partial charge in [0.2, 0.25) is 0 Å². The van der Waals surface area contributed by atoms with Gasteiger partial charge in [0.25, 0.3) is 0 Å². The Balaban J connectivity index is 1.95. The number of anilines is 1. The third-order valence-electron chi connectivity index (χ3n) is 4.57. The second-order valence-electron chi connectivity index (χ2n) is 5.96. The van der Waals surface area contributed by atoms with Gasteiger partial charge in [-0.2, -0.15) is 10.4 Å². The monoisotopic (exact) mass is 346 g/mol. The maximum absolute atomic E-state index is 9.45. The van der Waals surface area contributed by atoms with E-state index in [0.29, 0.717) is 5.56 Å². The van der Waals surface area contributed by atoms with Gasteiger partial charge in [-0.3, -0.25) is 0 Å². The van der Waals surface area contributed by atoms with Crippen LogP contribution in [0.2, 0.25) is 0 Å². The summed E-state index contributed by atoms with van der Waals surface area (Å²) in [6.45, 7) is 0.835. The number of hydrogen-bond donors (Lipinski definition) is 1. The highest BCUT2D eigenvalue weighted by Gasteiger charge is 2.26. The number of nitrogens with zero attached hydrogens (tertiary/aromatic N) is 3. The van der Waals surface area contributed by atoms with Gasteiger partial charge in [0.1, 0.15) is 29.1 Å². The molecule has 0 saturated heterocycles. The number of benzene rings is 2. The predicted octanol–water partition coefficient (Wildman–Crippen LogP) is 3.40. The van der Waals surface area contributed by atoms with Crippen LogP contribution in [-0.4, -0.2) is 30.5 Å². The molecule has 1 aliphatic heterocycles. The molecule has 6 nitrogen and oxygen atoms in total. The first-order chi connectivity index (χ1) is 12.8. The molecule has 0 radical (unpaired) electrons. The van der Waals surface area contributed by atoms with Crippen LogP contribution in [0.4, 0.5) is 5.82 Å². The largest absolute Gasteiger partial charge is 0.497 e. The van der Waals surface area contributed by atoms with E-state index in [2.05, 4.69) is 11.4 Å². The van der Waals surface area contributed by atoms with Crippen molar-refractivity contribution < 1.29 is 9.47 Å².